The predicted octanol–water partition coefficient (Wildman–Crippen LogP) is 4.08. The van der Waals surface area contributed by atoms with Crippen LogP contribution in [0.15, 0.2) is 0 Å². The summed E-state index contributed by atoms with van der Waals surface area (Å²) in [7, 11) is 2.13. The molecule has 0 spiro atoms. The maximum Gasteiger partial charge on any atom is -0.00208 e. The van der Waals surface area contributed by atoms with Crippen LogP contribution >= 0.6 is 0 Å². The summed E-state index contributed by atoms with van der Waals surface area (Å²) < 4.78 is 0. The molecule has 1 nitrogen and oxygen atoms in total. The van der Waals surface area contributed by atoms with Crippen molar-refractivity contribution in [2.45, 2.75) is 58.8 Å². The lowest BCUT2D eigenvalue weighted by Gasteiger charge is -2.41. The van der Waals surface area contributed by atoms with Gasteiger partial charge in [0.1, 0.15) is 0 Å². The first kappa shape index (κ1) is 13.4. The number of hydrogen-bond donors (Lipinski definition) is 1. The smallest absolute Gasteiger partial charge is 0.00208 e. The third kappa shape index (κ3) is 3.24. The molecule has 2 aliphatic carbocycles. The van der Waals surface area contributed by atoms with Crippen LogP contribution in [-0.2, 0) is 0 Å². The van der Waals surface area contributed by atoms with Crippen molar-refractivity contribution in [3.63, 3.8) is 0 Å². The van der Waals surface area contributed by atoms with Gasteiger partial charge in [0.25, 0.3) is 0 Å². The fourth-order valence-electron chi connectivity index (χ4n) is 4.39. The normalized spacial score (nSPS) is 35.6. The van der Waals surface area contributed by atoms with E-state index in [-0.39, 0.29) is 0 Å². The van der Waals surface area contributed by atoms with Crippen LogP contribution in [0.2, 0.25) is 0 Å². The van der Waals surface area contributed by atoms with Crippen molar-refractivity contribution in [3.05, 3.63) is 0 Å². The average Bonchev–Trinajstić information content (AvgIpc) is 2.83. The first-order chi connectivity index (χ1) is 8.22. The van der Waals surface area contributed by atoms with Crippen molar-refractivity contribution in [2.24, 2.45) is 29.6 Å². The van der Waals surface area contributed by atoms with Crippen LogP contribution in [0.3, 0.4) is 0 Å². The zero-order valence-electron chi connectivity index (χ0n) is 12.0. The molecule has 0 heterocycles. The second-order valence-corrected chi connectivity index (χ2v) is 6.84. The molecule has 0 aromatic heterocycles. The molecule has 0 amide bonds. The minimum Gasteiger partial charge on any atom is -0.319 e. The van der Waals surface area contributed by atoms with Gasteiger partial charge in [0.15, 0.2) is 0 Å². The van der Waals surface area contributed by atoms with Gasteiger partial charge in [-0.15, -0.1) is 0 Å². The highest BCUT2D eigenvalue weighted by atomic mass is 14.8. The van der Waals surface area contributed by atoms with E-state index >= 15 is 0 Å². The highest BCUT2D eigenvalue weighted by molar-refractivity contribution is 4.88. The molecule has 2 fully saturated rings. The Labute approximate surface area is 108 Å². The number of hydrogen-bond acceptors (Lipinski definition) is 1. The van der Waals surface area contributed by atoms with E-state index in [9.17, 15) is 0 Å². The van der Waals surface area contributed by atoms with Gasteiger partial charge in [0.2, 0.25) is 0 Å². The Kier molecular flexibility index (Phi) is 4.90. The summed E-state index contributed by atoms with van der Waals surface area (Å²) >= 11 is 0. The highest BCUT2D eigenvalue weighted by Gasteiger charge is 2.36. The van der Waals surface area contributed by atoms with Gasteiger partial charge in [-0.2, -0.15) is 0 Å². The van der Waals surface area contributed by atoms with E-state index in [0.717, 1.165) is 29.6 Å². The molecule has 0 bridgehead atoms. The van der Waals surface area contributed by atoms with E-state index in [1.807, 2.05) is 0 Å². The second kappa shape index (κ2) is 6.22. The number of rotatable bonds is 4. The lowest BCUT2D eigenvalue weighted by atomic mass is 9.66. The minimum absolute atomic E-state index is 0.898. The fourth-order valence-corrected chi connectivity index (χ4v) is 4.39. The molecule has 17 heavy (non-hydrogen) atoms. The van der Waals surface area contributed by atoms with Crippen molar-refractivity contribution in [2.75, 3.05) is 13.6 Å². The predicted molar refractivity (Wildman–Crippen MR) is 75.0 cm³/mol. The molecular formula is C16H31N. The second-order valence-electron chi connectivity index (χ2n) is 6.84. The molecule has 3 unspecified atom stereocenters. The monoisotopic (exact) mass is 237 g/mol. The Morgan fingerprint density at radius 2 is 1.76 bits per heavy atom. The van der Waals surface area contributed by atoms with Crippen LogP contribution < -0.4 is 5.32 Å². The Hall–Kier alpha value is -0.0400. The minimum atomic E-state index is 0.898. The van der Waals surface area contributed by atoms with Gasteiger partial charge in [-0.3, -0.25) is 0 Å². The van der Waals surface area contributed by atoms with Crippen LogP contribution in [0.5, 0.6) is 0 Å². The number of nitrogens with one attached hydrogen (secondary N) is 1. The Morgan fingerprint density at radius 3 is 2.35 bits per heavy atom. The largest absolute Gasteiger partial charge is 0.319 e. The van der Waals surface area contributed by atoms with Gasteiger partial charge >= 0.3 is 0 Å². The quantitative estimate of drug-likeness (QED) is 0.776. The summed E-state index contributed by atoms with van der Waals surface area (Å²) in [6.45, 7) is 6.11. The van der Waals surface area contributed by atoms with Crippen molar-refractivity contribution in [1.82, 2.24) is 5.32 Å². The Balaban J connectivity index is 1.98. The summed E-state index contributed by atoms with van der Waals surface area (Å²) in [5.41, 5.74) is 0. The van der Waals surface area contributed by atoms with Crippen LogP contribution in [0.1, 0.15) is 58.8 Å². The first-order valence-corrected chi connectivity index (χ1v) is 7.87. The van der Waals surface area contributed by atoms with E-state index in [1.54, 1.807) is 0 Å². The van der Waals surface area contributed by atoms with Gasteiger partial charge < -0.3 is 5.32 Å². The third-order valence-electron chi connectivity index (χ3n) is 5.50. The SMILES string of the molecule is CNCC1CCC(C(C)C)CC1C1CCCC1. The Morgan fingerprint density at radius 1 is 1.06 bits per heavy atom. The van der Waals surface area contributed by atoms with Gasteiger partial charge in [-0.05, 0) is 62.4 Å². The molecule has 0 saturated heterocycles. The van der Waals surface area contributed by atoms with Gasteiger partial charge in [-0.25, -0.2) is 0 Å². The zero-order chi connectivity index (χ0) is 12.3. The summed E-state index contributed by atoms with van der Waals surface area (Å²) in [4.78, 5) is 0. The lowest BCUT2D eigenvalue weighted by molar-refractivity contribution is 0.100. The van der Waals surface area contributed by atoms with E-state index in [4.69, 9.17) is 0 Å². The standard InChI is InChI=1S/C16H31N/c1-12(2)14-8-9-15(11-17-3)16(10-14)13-6-4-5-7-13/h12-17H,4-11H2,1-3H3. The van der Waals surface area contributed by atoms with Crippen molar-refractivity contribution < 1.29 is 0 Å². The molecule has 2 saturated carbocycles. The van der Waals surface area contributed by atoms with Crippen molar-refractivity contribution in [1.29, 1.82) is 0 Å². The molecule has 0 aromatic carbocycles. The van der Waals surface area contributed by atoms with E-state index in [0.29, 0.717) is 0 Å². The molecule has 2 aliphatic rings. The van der Waals surface area contributed by atoms with E-state index in [2.05, 4.69) is 26.2 Å². The molecule has 1 N–H and O–H groups in total. The molecule has 0 aliphatic heterocycles. The summed E-state index contributed by atoms with van der Waals surface area (Å²) in [6, 6.07) is 0. The van der Waals surface area contributed by atoms with Gasteiger partial charge in [-0.1, -0.05) is 39.5 Å². The van der Waals surface area contributed by atoms with E-state index < -0.39 is 0 Å². The van der Waals surface area contributed by atoms with Crippen molar-refractivity contribution >= 4 is 0 Å². The Bertz CT molecular complexity index is 218. The third-order valence-corrected chi connectivity index (χ3v) is 5.50. The maximum atomic E-state index is 3.43. The summed E-state index contributed by atoms with van der Waals surface area (Å²) in [6.07, 6.45) is 10.5. The average molecular weight is 237 g/mol. The topological polar surface area (TPSA) is 12.0 Å². The van der Waals surface area contributed by atoms with Crippen LogP contribution in [0, 0.1) is 29.6 Å². The van der Waals surface area contributed by atoms with Crippen LogP contribution in [0.25, 0.3) is 0 Å². The van der Waals surface area contributed by atoms with Gasteiger partial charge in [0, 0.05) is 0 Å². The molecule has 0 radical (unpaired) electrons. The molecule has 1 heteroatoms. The van der Waals surface area contributed by atoms with Crippen LogP contribution in [-0.4, -0.2) is 13.6 Å². The fraction of sp³-hybridized carbons (Fsp3) is 1.00. The zero-order valence-corrected chi connectivity index (χ0v) is 12.0. The van der Waals surface area contributed by atoms with Crippen LogP contribution in [0.4, 0.5) is 0 Å². The van der Waals surface area contributed by atoms with Crippen molar-refractivity contribution in [3.8, 4) is 0 Å². The molecule has 3 atom stereocenters. The summed E-state index contributed by atoms with van der Waals surface area (Å²) in [5, 5.41) is 3.43. The molecular weight excluding hydrogens is 206 g/mol. The molecule has 100 valence electrons. The maximum absolute atomic E-state index is 3.43. The van der Waals surface area contributed by atoms with E-state index in [1.165, 1.54) is 51.5 Å². The first-order valence-electron chi connectivity index (χ1n) is 7.87. The summed E-state index contributed by atoms with van der Waals surface area (Å²) in [5.74, 6) is 4.97. The lowest BCUT2D eigenvalue weighted by Crippen LogP contribution is -2.36. The molecule has 2 rings (SSSR count). The van der Waals surface area contributed by atoms with Gasteiger partial charge in [0.05, 0.1) is 0 Å². The highest BCUT2D eigenvalue weighted by Crippen LogP contribution is 2.45. The molecule has 0 aromatic rings.